The first-order valence-electron chi connectivity index (χ1n) is 6.34. The first kappa shape index (κ1) is 12.5. The van der Waals surface area contributed by atoms with E-state index in [9.17, 15) is 0 Å². The second-order valence-electron chi connectivity index (χ2n) is 4.61. The van der Waals surface area contributed by atoms with Crippen molar-refractivity contribution >= 4 is 0 Å². The molecule has 0 radical (unpaired) electrons. The summed E-state index contributed by atoms with van der Waals surface area (Å²) in [5, 5.41) is 12.2. The molecule has 1 aromatic rings. The summed E-state index contributed by atoms with van der Waals surface area (Å²) in [5.41, 5.74) is 1.32. The molecule has 1 aromatic heterocycles. The number of piperidine rings is 1. The number of aliphatic hydroxyl groups is 1. The van der Waals surface area contributed by atoms with Gasteiger partial charge in [-0.1, -0.05) is 0 Å². The molecule has 1 aliphatic rings. The van der Waals surface area contributed by atoms with Crippen LogP contribution in [0, 0.1) is 0 Å². The zero-order chi connectivity index (χ0) is 11.9. The Bertz CT molecular complexity index is 318. The Kier molecular flexibility index (Phi) is 4.91. The highest BCUT2D eigenvalue weighted by Gasteiger charge is 2.18. The Hall–Kier alpha value is -0.970. The highest BCUT2D eigenvalue weighted by atomic mass is 16.3. The first-order chi connectivity index (χ1) is 8.38. The molecule has 0 spiro atoms. The van der Waals surface area contributed by atoms with Gasteiger partial charge in [0.1, 0.15) is 0 Å². The van der Waals surface area contributed by atoms with Crippen molar-refractivity contribution in [1.82, 2.24) is 15.2 Å². The molecule has 2 N–H and O–H groups in total. The Morgan fingerprint density at radius 2 is 2.24 bits per heavy atom. The zero-order valence-electron chi connectivity index (χ0n) is 10.2. The van der Waals surface area contributed by atoms with Crippen LogP contribution in [0.2, 0.25) is 0 Å². The number of hydrogen-bond acceptors (Lipinski definition) is 4. The lowest BCUT2D eigenvalue weighted by atomic mass is 10.1. The van der Waals surface area contributed by atoms with Gasteiger partial charge in [-0.05, 0) is 37.1 Å². The molecule has 0 aromatic carbocycles. The molecular weight excluding hydrogens is 214 g/mol. The SMILES string of the molecule is OCCNC1CCCN(Cc2ccncc2)C1. The van der Waals surface area contributed by atoms with Crippen LogP contribution in [0.4, 0.5) is 0 Å². The minimum atomic E-state index is 0.223. The zero-order valence-corrected chi connectivity index (χ0v) is 10.2. The lowest BCUT2D eigenvalue weighted by molar-refractivity contribution is 0.176. The molecule has 1 aliphatic heterocycles. The number of rotatable bonds is 5. The predicted octanol–water partition coefficient (Wildman–Crippen LogP) is 0.628. The normalized spacial score (nSPS) is 21.6. The number of aliphatic hydroxyl groups excluding tert-OH is 1. The average molecular weight is 235 g/mol. The second kappa shape index (κ2) is 6.69. The minimum absolute atomic E-state index is 0.223. The molecule has 1 saturated heterocycles. The molecule has 0 amide bonds. The van der Waals surface area contributed by atoms with Crippen molar-refractivity contribution < 1.29 is 5.11 Å². The highest BCUT2D eigenvalue weighted by Crippen LogP contribution is 2.13. The molecule has 4 heteroatoms. The summed E-state index contributed by atoms with van der Waals surface area (Å²) in [7, 11) is 0. The molecule has 1 unspecified atom stereocenters. The monoisotopic (exact) mass is 235 g/mol. The van der Waals surface area contributed by atoms with Crippen LogP contribution < -0.4 is 5.32 Å². The summed E-state index contributed by atoms with van der Waals surface area (Å²) < 4.78 is 0. The fourth-order valence-corrected chi connectivity index (χ4v) is 2.38. The maximum atomic E-state index is 8.81. The van der Waals surface area contributed by atoms with Gasteiger partial charge >= 0.3 is 0 Å². The predicted molar refractivity (Wildman–Crippen MR) is 67.6 cm³/mol. The van der Waals surface area contributed by atoms with Gasteiger partial charge in [0.05, 0.1) is 6.61 Å². The topological polar surface area (TPSA) is 48.4 Å². The van der Waals surface area contributed by atoms with Gasteiger partial charge in [0.2, 0.25) is 0 Å². The fourth-order valence-electron chi connectivity index (χ4n) is 2.38. The third kappa shape index (κ3) is 4.07. The number of hydrogen-bond donors (Lipinski definition) is 2. The Morgan fingerprint density at radius 1 is 1.41 bits per heavy atom. The van der Waals surface area contributed by atoms with Crippen LogP contribution in [0.3, 0.4) is 0 Å². The van der Waals surface area contributed by atoms with Gasteiger partial charge in [0, 0.05) is 38.1 Å². The van der Waals surface area contributed by atoms with Crippen molar-refractivity contribution in [2.45, 2.75) is 25.4 Å². The van der Waals surface area contributed by atoms with Gasteiger partial charge < -0.3 is 10.4 Å². The Morgan fingerprint density at radius 3 is 3.00 bits per heavy atom. The van der Waals surface area contributed by atoms with Crippen molar-refractivity contribution in [1.29, 1.82) is 0 Å². The van der Waals surface area contributed by atoms with Crippen LogP contribution in [-0.2, 0) is 6.54 Å². The fraction of sp³-hybridized carbons (Fsp3) is 0.615. The number of likely N-dealkylation sites (tertiary alicyclic amines) is 1. The summed E-state index contributed by atoms with van der Waals surface area (Å²) >= 11 is 0. The van der Waals surface area contributed by atoms with Gasteiger partial charge in [0.25, 0.3) is 0 Å². The van der Waals surface area contributed by atoms with E-state index >= 15 is 0 Å². The van der Waals surface area contributed by atoms with E-state index in [-0.39, 0.29) is 6.61 Å². The van der Waals surface area contributed by atoms with Crippen LogP contribution in [0.15, 0.2) is 24.5 Å². The maximum absolute atomic E-state index is 8.81. The molecule has 0 bridgehead atoms. The molecule has 2 rings (SSSR count). The summed E-state index contributed by atoms with van der Waals surface area (Å²) in [6, 6.07) is 4.67. The van der Waals surface area contributed by atoms with Crippen LogP contribution in [0.1, 0.15) is 18.4 Å². The van der Waals surface area contributed by atoms with Crippen molar-refractivity contribution in [3.63, 3.8) is 0 Å². The van der Waals surface area contributed by atoms with Crippen LogP contribution in [0.25, 0.3) is 0 Å². The van der Waals surface area contributed by atoms with Crippen molar-refractivity contribution in [2.75, 3.05) is 26.2 Å². The number of pyridine rings is 1. The number of aromatic nitrogens is 1. The van der Waals surface area contributed by atoms with Crippen LogP contribution >= 0.6 is 0 Å². The van der Waals surface area contributed by atoms with E-state index in [1.54, 1.807) is 0 Å². The molecule has 0 saturated carbocycles. The van der Waals surface area contributed by atoms with Crippen molar-refractivity contribution in [2.24, 2.45) is 0 Å². The van der Waals surface area contributed by atoms with Crippen molar-refractivity contribution in [3.8, 4) is 0 Å². The molecule has 17 heavy (non-hydrogen) atoms. The Labute approximate surface area is 103 Å². The van der Waals surface area contributed by atoms with E-state index in [0.717, 1.165) is 13.1 Å². The average Bonchev–Trinajstić information content (AvgIpc) is 2.38. The van der Waals surface area contributed by atoms with Gasteiger partial charge in [0.15, 0.2) is 0 Å². The molecule has 1 atom stereocenters. The first-order valence-corrected chi connectivity index (χ1v) is 6.34. The van der Waals surface area contributed by atoms with E-state index in [1.807, 2.05) is 12.4 Å². The summed E-state index contributed by atoms with van der Waals surface area (Å²) in [6.45, 7) is 4.16. The summed E-state index contributed by atoms with van der Waals surface area (Å²) in [5.74, 6) is 0. The number of nitrogens with zero attached hydrogens (tertiary/aromatic N) is 2. The molecule has 1 fully saturated rings. The van der Waals surface area contributed by atoms with E-state index in [0.29, 0.717) is 12.6 Å². The van der Waals surface area contributed by atoms with E-state index < -0.39 is 0 Å². The highest BCUT2D eigenvalue weighted by molar-refractivity contribution is 5.09. The van der Waals surface area contributed by atoms with E-state index in [2.05, 4.69) is 27.3 Å². The van der Waals surface area contributed by atoms with Crippen LogP contribution in [0.5, 0.6) is 0 Å². The minimum Gasteiger partial charge on any atom is -0.395 e. The largest absolute Gasteiger partial charge is 0.395 e. The molecule has 4 nitrogen and oxygen atoms in total. The van der Waals surface area contributed by atoms with Crippen LogP contribution in [-0.4, -0.2) is 47.3 Å². The van der Waals surface area contributed by atoms with E-state index in [1.165, 1.54) is 24.9 Å². The maximum Gasteiger partial charge on any atom is 0.0556 e. The standard InChI is InChI=1S/C13H21N3O/c17-9-7-15-13-2-1-8-16(11-13)10-12-3-5-14-6-4-12/h3-6,13,15,17H,1-2,7-11H2. The van der Waals surface area contributed by atoms with Gasteiger partial charge in [-0.3, -0.25) is 9.88 Å². The van der Waals surface area contributed by atoms with Gasteiger partial charge in [-0.15, -0.1) is 0 Å². The third-order valence-corrected chi connectivity index (χ3v) is 3.21. The van der Waals surface area contributed by atoms with E-state index in [4.69, 9.17) is 5.11 Å². The summed E-state index contributed by atoms with van der Waals surface area (Å²) in [6.07, 6.45) is 6.14. The molecular formula is C13H21N3O. The van der Waals surface area contributed by atoms with Gasteiger partial charge in [-0.25, -0.2) is 0 Å². The molecule has 2 heterocycles. The lowest BCUT2D eigenvalue weighted by Gasteiger charge is -2.33. The second-order valence-corrected chi connectivity index (χ2v) is 4.61. The Balaban J connectivity index is 1.81. The van der Waals surface area contributed by atoms with Crippen molar-refractivity contribution in [3.05, 3.63) is 30.1 Å². The third-order valence-electron chi connectivity index (χ3n) is 3.21. The quantitative estimate of drug-likeness (QED) is 0.786. The lowest BCUT2D eigenvalue weighted by Crippen LogP contribution is -2.46. The van der Waals surface area contributed by atoms with Gasteiger partial charge in [-0.2, -0.15) is 0 Å². The summed E-state index contributed by atoms with van der Waals surface area (Å²) in [4.78, 5) is 6.50. The molecule has 94 valence electrons. The smallest absolute Gasteiger partial charge is 0.0556 e. The molecule has 0 aliphatic carbocycles. The number of nitrogens with one attached hydrogen (secondary N) is 1.